The minimum Gasteiger partial charge on any atom is -0.464 e. The van der Waals surface area contributed by atoms with E-state index in [4.69, 9.17) is 5.11 Å². The van der Waals surface area contributed by atoms with Crippen LogP contribution in [0.3, 0.4) is 0 Å². The van der Waals surface area contributed by atoms with Crippen LogP contribution < -0.4 is 10.7 Å². The van der Waals surface area contributed by atoms with Gasteiger partial charge in [-0.1, -0.05) is 0 Å². The summed E-state index contributed by atoms with van der Waals surface area (Å²) in [7, 11) is 0. The first-order chi connectivity index (χ1) is 5.20. The van der Waals surface area contributed by atoms with E-state index in [0.29, 0.717) is 13.1 Å². The van der Waals surface area contributed by atoms with Crippen molar-refractivity contribution in [2.75, 3.05) is 13.1 Å². The fourth-order valence-corrected chi connectivity index (χ4v) is 0.852. The molecule has 6 heteroatoms. The summed E-state index contributed by atoms with van der Waals surface area (Å²) < 4.78 is 0. The van der Waals surface area contributed by atoms with Gasteiger partial charge in [-0.05, 0) is 6.42 Å². The van der Waals surface area contributed by atoms with Gasteiger partial charge in [0.1, 0.15) is 0 Å². The molecule has 0 saturated carbocycles. The zero-order valence-corrected chi connectivity index (χ0v) is 5.83. The average Bonchev–Trinajstić information content (AvgIpc) is 1.93. The third-order valence-electron chi connectivity index (χ3n) is 1.31. The number of nitrogens with zero attached hydrogens (tertiary/aromatic N) is 1. The largest absolute Gasteiger partial charge is 0.464 e. The molecule has 0 aromatic carbocycles. The van der Waals surface area contributed by atoms with E-state index in [1.165, 1.54) is 0 Å². The van der Waals surface area contributed by atoms with Gasteiger partial charge in [-0.3, -0.25) is 0 Å². The van der Waals surface area contributed by atoms with Gasteiger partial charge in [0.05, 0.1) is 0 Å². The van der Waals surface area contributed by atoms with Gasteiger partial charge in [0.15, 0.2) is 0 Å². The standard InChI is InChI=1S/C5H9N3O3/c9-4-6-2-1-3-8(4)7-5(10)11/h7H,1-3H2,(H,6,9)(H,10,11). The predicted octanol–water partition coefficient (Wildman–Crippen LogP) is -0.416. The van der Waals surface area contributed by atoms with Crippen LogP contribution in [0.1, 0.15) is 6.42 Å². The Morgan fingerprint density at radius 1 is 1.73 bits per heavy atom. The number of rotatable bonds is 1. The maximum Gasteiger partial charge on any atom is 0.423 e. The van der Waals surface area contributed by atoms with Crippen LogP contribution in [0, 0.1) is 0 Å². The van der Waals surface area contributed by atoms with Crippen molar-refractivity contribution in [2.45, 2.75) is 6.42 Å². The van der Waals surface area contributed by atoms with Crippen LogP contribution in [0.4, 0.5) is 9.59 Å². The van der Waals surface area contributed by atoms with Crippen molar-refractivity contribution in [3.05, 3.63) is 0 Å². The zero-order valence-electron chi connectivity index (χ0n) is 5.83. The molecule has 6 nitrogen and oxygen atoms in total. The normalized spacial score (nSPS) is 17.5. The van der Waals surface area contributed by atoms with E-state index in [2.05, 4.69) is 5.32 Å². The minimum atomic E-state index is -1.22. The summed E-state index contributed by atoms with van der Waals surface area (Å²) in [5, 5.41) is 11.8. The van der Waals surface area contributed by atoms with Crippen molar-refractivity contribution in [3.63, 3.8) is 0 Å². The quantitative estimate of drug-likeness (QED) is 0.486. The first-order valence-electron chi connectivity index (χ1n) is 3.25. The van der Waals surface area contributed by atoms with Crippen LogP contribution in [0.5, 0.6) is 0 Å². The fraction of sp³-hybridized carbons (Fsp3) is 0.600. The molecule has 1 heterocycles. The van der Waals surface area contributed by atoms with Gasteiger partial charge in [-0.25, -0.2) is 20.0 Å². The van der Waals surface area contributed by atoms with Crippen LogP contribution in [0.25, 0.3) is 0 Å². The summed E-state index contributed by atoms with van der Waals surface area (Å²) in [6.45, 7) is 1.04. The van der Waals surface area contributed by atoms with E-state index in [1.807, 2.05) is 5.43 Å². The first kappa shape index (κ1) is 7.64. The number of hydrogen-bond acceptors (Lipinski definition) is 2. The number of urea groups is 1. The average molecular weight is 159 g/mol. The van der Waals surface area contributed by atoms with Crippen LogP contribution in [-0.2, 0) is 0 Å². The number of hydrogen-bond donors (Lipinski definition) is 3. The van der Waals surface area contributed by atoms with Crippen molar-refractivity contribution < 1.29 is 14.7 Å². The molecule has 11 heavy (non-hydrogen) atoms. The topological polar surface area (TPSA) is 81.7 Å². The molecule has 0 aliphatic carbocycles. The minimum absolute atomic E-state index is 0.390. The molecule has 0 aromatic rings. The van der Waals surface area contributed by atoms with Crippen LogP contribution in [-0.4, -0.2) is 35.3 Å². The van der Waals surface area contributed by atoms with Gasteiger partial charge in [-0.15, -0.1) is 0 Å². The van der Waals surface area contributed by atoms with E-state index >= 15 is 0 Å². The van der Waals surface area contributed by atoms with Gasteiger partial charge in [-0.2, -0.15) is 0 Å². The highest BCUT2D eigenvalue weighted by Gasteiger charge is 2.18. The molecule has 1 fully saturated rings. The fourth-order valence-electron chi connectivity index (χ4n) is 0.852. The second-order valence-electron chi connectivity index (χ2n) is 2.15. The summed E-state index contributed by atoms with van der Waals surface area (Å²) in [5.41, 5.74) is 1.97. The number of carboxylic acid groups (broad SMARTS) is 1. The highest BCUT2D eigenvalue weighted by atomic mass is 16.4. The number of nitrogens with one attached hydrogen (secondary N) is 2. The van der Waals surface area contributed by atoms with Crippen molar-refractivity contribution in [3.8, 4) is 0 Å². The van der Waals surface area contributed by atoms with E-state index in [-0.39, 0.29) is 0 Å². The van der Waals surface area contributed by atoms with Crippen molar-refractivity contribution >= 4 is 12.1 Å². The second-order valence-corrected chi connectivity index (χ2v) is 2.15. The van der Waals surface area contributed by atoms with E-state index in [0.717, 1.165) is 11.4 Å². The Morgan fingerprint density at radius 3 is 3.00 bits per heavy atom. The van der Waals surface area contributed by atoms with Gasteiger partial charge in [0.25, 0.3) is 0 Å². The molecule has 0 unspecified atom stereocenters. The van der Waals surface area contributed by atoms with Crippen LogP contribution in [0.2, 0.25) is 0 Å². The lowest BCUT2D eigenvalue weighted by Gasteiger charge is -2.25. The molecule has 1 rings (SSSR count). The lowest BCUT2D eigenvalue weighted by molar-refractivity contribution is 0.134. The Bertz CT molecular complexity index is 182. The Hall–Kier alpha value is -1.46. The third-order valence-corrected chi connectivity index (χ3v) is 1.31. The van der Waals surface area contributed by atoms with Gasteiger partial charge < -0.3 is 10.4 Å². The Labute approximate surface area is 63.1 Å². The Kier molecular flexibility index (Phi) is 2.15. The third kappa shape index (κ3) is 1.99. The first-order valence-corrected chi connectivity index (χ1v) is 3.25. The maximum absolute atomic E-state index is 10.8. The second kappa shape index (κ2) is 3.09. The number of carbonyl (C=O) groups is 2. The van der Waals surface area contributed by atoms with Gasteiger partial charge in [0.2, 0.25) is 0 Å². The Balaban J connectivity index is 2.42. The summed E-state index contributed by atoms with van der Waals surface area (Å²) >= 11 is 0. The van der Waals surface area contributed by atoms with E-state index in [9.17, 15) is 9.59 Å². The zero-order chi connectivity index (χ0) is 8.27. The molecule has 1 aliphatic rings. The molecule has 3 amide bonds. The lowest BCUT2D eigenvalue weighted by atomic mass is 10.4. The molecule has 0 radical (unpaired) electrons. The van der Waals surface area contributed by atoms with Crippen LogP contribution >= 0.6 is 0 Å². The monoisotopic (exact) mass is 159 g/mol. The molecule has 0 spiro atoms. The molecule has 0 atom stereocenters. The predicted molar refractivity (Wildman–Crippen MR) is 35.9 cm³/mol. The number of amides is 3. The van der Waals surface area contributed by atoms with E-state index in [1.54, 1.807) is 0 Å². The van der Waals surface area contributed by atoms with Gasteiger partial charge in [0, 0.05) is 13.1 Å². The highest BCUT2D eigenvalue weighted by molar-refractivity contribution is 5.77. The molecule has 0 aromatic heterocycles. The summed E-state index contributed by atoms with van der Waals surface area (Å²) in [5.74, 6) is 0. The van der Waals surface area contributed by atoms with Crippen molar-refractivity contribution in [1.82, 2.24) is 15.8 Å². The number of hydrazine groups is 1. The molecule has 62 valence electrons. The highest BCUT2D eigenvalue weighted by Crippen LogP contribution is 1.93. The summed E-state index contributed by atoms with van der Waals surface area (Å²) in [6.07, 6.45) is -0.464. The Morgan fingerprint density at radius 2 is 2.45 bits per heavy atom. The number of carbonyl (C=O) groups excluding carboxylic acids is 1. The summed E-state index contributed by atoms with van der Waals surface area (Å²) in [6, 6.07) is -0.390. The molecule has 1 aliphatic heterocycles. The molecular formula is C5H9N3O3. The van der Waals surface area contributed by atoms with Crippen molar-refractivity contribution in [2.24, 2.45) is 0 Å². The molecule has 1 saturated heterocycles. The molecule has 3 N–H and O–H groups in total. The maximum atomic E-state index is 10.8. The smallest absolute Gasteiger partial charge is 0.423 e. The van der Waals surface area contributed by atoms with Crippen LogP contribution in [0.15, 0.2) is 0 Å². The summed E-state index contributed by atoms with van der Waals surface area (Å²) in [4.78, 5) is 20.9. The van der Waals surface area contributed by atoms with Gasteiger partial charge >= 0.3 is 12.1 Å². The van der Waals surface area contributed by atoms with Crippen molar-refractivity contribution in [1.29, 1.82) is 0 Å². The molecule has 0 bridgehead atoms. The van der Waals surface area contributed by atoms with E-state index < -0.39 is 12.1 Å². The molecular weight excluding hydrogens is 150 g/mol. The lowest BCUT2D eigenvalue weighted by Crippen LogP contribution is -2.54. The SMILES string of the molecule is O=C(O)NN1CCCNC1=O.